The topological polar surface area (TPSA) is 52.6 Å². The molecule has 0 saturated heterocycles. The first kappa shape index (κ1) is 12.9. The Morgan fingerprint density at radius 3 is 2.07 bits per heavy atom. The van der Waals surface area contributed by atoms with Gasteiger partial charge in [-0.1, -0.05) is 6.92 Å². The molecule has 14 heavy (non-hydrogen) atoms. The van der Waals surface area contributed by atoms with Crippen LogP contribution in [0.25, 0.3) is 0 Å². The van der Waals surface area contributed by atoms with Gasteiger partial charge in [-0.15, -0.1) is 0 Å². The van der Waals surface area contributed by atoms with Crippen molar-refractivity contribution in [3.63, 3.8) is 0 Å². The van der Waals surface area contributed by atoms with E-state index < -0.39 is 0 Å². The highest BCUT2D eigenvalue weighted by Gasteiger charge is 2.21. The highest BCUT2D eigenvalue weighted by molar-refractivity contribution is 5.79. The van der Waals surface area contributed by atoms with Crippen LogP contribution in [-0.4, -0.2) is 25.2 Å². The van der Waals surface area contributed by atoms with E-state index in [9.17, 15) is 9.59 Å². The zero-order valence-corrected chi connectivity index (χ0v) is 9.04. The van der Waals surface area contributed by atoms with Crippen LogP contribution in [0.3, 0.4) is 0 Å². The predicted octanol–water partition coefficient (Wildman–Crippen LogP) is 1.53. The minimum absolute atomic E-state index is 0.114. The van der Waals surface area contributed by atoms with E-state index in [1.165, 1.54) is 0 Å². The fraction of sp³-hybridized carbons (Fsp3) is 0.800. The lowest BCUT2D eigenvalue weighted by molar-refractivity contribution is -0.154. The van der Waals surface area contributed by atoms with Gasteiger partial charge in [-0.2, -0.15) is 0 Å². The summed E-state index contributed by atoms with van der Waals surface area (Å²) in [7, 11) is 0. The third-order valence-corrected chi connectivity index (χ3v) is 1.83. The number of esters is 2. The maximum Gasteiger partial charge on any atom is 0.309 e. The lowest BCUT2D eigenvalue weighted by atomic mass is 10.0. The Kier molecular flexibility index (Phi) is 6.80. The van der Waals surface area contributed by atoms with Gasteiger partial charge in [0, 0.05) is 0 Å². The Bertz CT molecular complexity index is 189. The molecule has 0 spiro atoms. The zero-order chi connectivity index (χ0) is 11.0. The van der Waals surface area contributed by atoms with E-state index in [1.807, 2.05) is 6.92 Å². The summed E-state index contributed by atoms with van der Waals surface area (Å²) in [6.45, 7) is 6.02. The Hall–Kier alpha value is -1.06. The van der Waals surface area contributed by atoms with Gasteiger partial charge in [0.1, 0.15) is 0 Å². The maximum absolute atomic E-state index is 11.3. The summed E-state index contributed by atoms with van der Waals surface area (Å²) in [5, 5.41) is 0. The van der Waals surface area contributed by atoms with Crippen molar-refractivity contribution >= 4 is 11.9 Å². The molecule has 4 nitrogen and oxygen atoms in total. The van der Waals surface area contributed by atoms with E-state index in [2.05, 4.69) is 0 Å². The lowest BCUT2D eigenvalue weighted by Gasteiger charge is -2.12. The Labute approximate surface area is 84.6 Å². The van der Waals surface area contributed by atoms with Gasteiger partial charge in [0.05, 0.1) is 25.6 Å². The van der Waals surface area contributed by atoms with Crippen LogP contribution in [0.1, 0.15) is 33.6 Å². The number of carbonyl (C=O) groups is 2. The van der Waals surface area contributed by atoms with Crippen molar-refractivity contribution in [2.24, 2.45) is 5.92 Å². The summed E-state index contributed by atoms with van der Waals surface area (Å²) in [5.74, 6) is -1.02. The fourth-order valence-electron chi connectivity index (χ4n) is 1.08. The van der Waals surface area contributed by atoms with Gasteiger partial charge in [0.25, 0.3) is 0 Å². The van der Waals surface area contributed by atoms with E-state index in [-0.39, 0.29) is 24.3 Å². The minimum Gasteiger partial charge on any atom is -0.466 e. The maximum atomic E-state index is 11.3. The van der Waals surface area contributed by atoms with Gasteiger partial charge in [-0.3, -0.25) is 9.59 Å². The third kappa shape index (κ3) is 4.84. The van der Waals surface area contributed by atoms with Crippen LogP contribution in [-0.2, 0) is 19.1 Å². The normalized spacial score (nSPS) is 11.9. The highest BCUT2D eigenvalue weighted by Crippen LogP contribution is 2.11. The number of hydrogen-bond donors (Lipinski definition) is 0. The van der Waals surface area contributed by atoms with Crippen molar-refractivity contribution in [1.82, 2.24) is 0 Å². The second kappa shape index (κ2) is 7.35. The zero-order valence-electron chi connectivity index (χ0n) is 9.04. The van der Waals surface area contributed by atoms with E-state index in [0.717, 1.165) is 0 Å². The molecule has 0 N–H and O–H groups in total. The van der Waals surface area contributed by atoms with E-state index in [0.29, 0.717) is 19.6 Å². The summed E-state index contributed by atoms with van der Waals surface area (Å²) in [4.78, 5) is 22.4. The van der Waals surface area contributed by atoms with Crippen molar-refractivity contribution in [2.75, 3.05) is 13.2 Å². The molecule has 0 amide bonds. The Morgan fingerprint density at radius 2 is 1.64 bits per heavy atom. The second-order valence-corrected chi connectivity index (χ2v) is 2.87. The highest BCUT2D eigenvalue weighted by atomic mass is 16.5. The largest absolute Gasteiger partial charge is 0.466 e. The van der Waals surface area contributed by atoms with E-state index in [1.54, 1.807) is 13.8 Å². The van der Waals surface area contributed by atoms with Crippen LogP contribution >= 0.6 is 0 Å². The summed E-state index contributed by atoms with van der Waals surface area (Å²) in [5.41, 5.74) is 0. The third-order valence-electron chi connectivity index (χ3n) is 1.83. The van der Waals surface area contributed by atoms with Crippen LogP contribution in [0.2, 0.25) is 0 Å². The summed E-state index contributed by atoms with van der Waals surface area (Å²) < 4.78 is 9.58. The molecule has 0 aliphatic rings. The molecule has 0 fully saturated rings. The van der Waals surface area contributed by atoms with E-state index in [4.69, 9.17) is 9.47 Å². The van der Waals surface area contributed by atoms with Crippen molar-refractivity contribution in [3.8, 4) is 0 Å². The van der Waals surface area contributed by atoms with Crippen LogP contribution in [0.5, 0.6) is 0 Å². The van der Waals surface area contributed by atoms with Gasteiger partial charge in [-0.05, 0) is 20.3 Å². The Balaban J connectivity index is 4.01. The first-order chi connectivity index (χ1) is 6.65. The molecular formula is C10H18O4. The molecule has 0 bridgehead atoms. The van der Waals surface area contributed by atoms with Gasteiger partial charge in [-0.25, -0.2) is 0 Å². The average molecular weight is 202 g/mol. The molecule has 0 aromatic carbocycles. The lowest BCUT2D eigenvalue weighted by Crippen LogP contribution is -2.21. The molecule has 1 atom stereocenters. The van der Waals surface area contributed by atoms with Gasteiger partial charge < -0.3 is 9.47 Å². The SMILES string of the molecule is CCOC(=O)C[C@H](CC)C(=O)OCC. The molecule has 82 valence electrons. The van der Waals surface area contributed by atoms with Crippen molar-refractivity contribution < 1.29 is 19.1 Å². The molecular weight excluding hydrogens is 184 g/mol. The predicted molar refractivity (Wildman–Crippen MR) is 51.7 cm³/mol. The first-order valence-electron chi connectivity index (χ1n) is 4.97. The molecule has 0 aliphatic heterocycles. The van der Waals surface area contributed by atoms with Crippen LogP contribution in [0.15, 0.2) is 0 Å². The molecule has 0 unspecified atom stereocenters. The molecule has 0 rings (SSSR count). The minimum atomic E-state index is -0.367. The number of carbonyl (C=O) groups excluding carboxylic acids is 2. The van der Waals surface area contributed by atoms with Crippen LogP contribution in [0, 0.1) is 5.92 Å². The van der Waals surface area contributed by atoms with Crippen LogP contribution in [0.4, 0.5) is 0 Å². The molecule has 0 aromatic heterocycles. The van der Waals surface area contributed by atoms with Gasteiger partial charge in [0.15, 0.2) is 0 Å². The molecule has 0 saturated carbocycles. The molecule has 0 heterocycles. The van der Waals surface area contributed by atoms with Gasteiger partial charge in [0.2, 0.25) is 0 Å². The summed E-state index contributed by atoms with van der Waals surface area (Å²) in [6, 6.07) is 0. The number of hydrogen-bond acceptors (Lipinski definition) is 4. The summed E-state index contributed by atoms with van der Waals surface area (Å²) in [6.07, 6.45) is 0.709. The van der Waals surface area contributed by atoms with E-state index >= 15 is 0 Å². The second-order valence-electron chi connectivity index (χ2n) is 2.87. The van der Waals surface area contributed by atoms with Gasteiger partial charge >= 0.3 is 11.9 Å². The molecule has 0 radical (unpaired) electrons. The number of rotatable bonds is 6. The van der Waals surface area contributed by atoms with Crippen molar-refractivity contribution in [3.05, 3.63) is 0 Å². The monoisotopic (exact) mass is 202 g/mol. The number of ether oxygens (including phenoxy) is 2. The smallest absolute Gasteiger partial charge is 0.309 e. The Morgan fingerprint density at radius 1 is 1.07 bits per heavy atom. The average Bonchev–Trinajstić information content (AvgIpc) is 2.15. The van der Waals surface area contributed by atoms with Crippen molar-refractivity contribution in [1.29, 1.82) is 0 Å². The molecule has 0 aromatic rings. The van der Waals surface area contributed by atoms with Crippen molar-refractivity contribution in [2.45, 2.75) is 33.6 Å². The summed E-state index contributed by atoms with van der Waals surface area (Å²) >= 11 is 0. The quantitative estimate of drug-likeness (QED) is 0.613. The fourth-order valence-corrected chi connectivity index (χ4v) is 1.08. The first-order valence-corrected chi connectivity index (χ1v) is 4.97. The molecule has 4 heteroatoms. The van der Waals surface area contributed by atoms with Crippen LogP contribution < -0.4 is 0 Å². The molecule has 0 aliphatic carbocycles. The standard InChI is InChI=1S/C10H18O4/c1-4-8(10(12)14-6-3)7-9(11)13-5-2/h8H,4-7H2,1-3H3/t8-/m0/s1.